The Labute approximate surface area is 155 Å². The molecule has 0 bridgehead atoms. The second-order valence-electron chi connectivity index (χ2n) is 6.43. The molecule has 1 aromatic rings. The number of ether oxygens (including phenoxy) is 1. The van der Waals surface area contributed by atoms with Gasteiger partial charge in [-0.1, -0.05) is 18.2 Å². The van der Waals surface area contributed by atoms with Crippen LogP contribution in [-0.2, 0) is 18.6 Å². The SMILES string of the molecule is CC1(O)CC(F)(CO[P+](=O)Oc2ccccc2)OC1N1C=CC(=O)NC1O. The molecule has 146 valence electrons. The number of aliphatic hydroxyl groups excluding tert-OH is 1. The van der Waals surface area contributed by atoms with Gasteiger partial charge in [0.05, 0.1) is 0 Å². The maximum Gasteiger partial charge on any atom is 0.750 e. The summed E-state index contributed by atoms with van der Waals surface area (Å²) in [5.41, 5.74) is -1.72. The highest BCUT2D eigenvalue weighted by Crippen LogP contribution is 2.43. The third kappa shape index (κ3) is 4.60. The summed E-state index contributed by atoms with van der Waals surface area (Å²) in [5.74, 6) is -2.73. The fourth-order valence-corrected chi connectivity index (χ4v) is 3.54. The van der Waals surface area contributed by atoms with Gasteiger partial charge in [-0.2, -0.15) is 0 Å². The van der Waals surface area contributed by atoms with Gasteiger partial charge in [-0.15, -0.1) is 4.52 Å². The largest absolute Gasteiger partial charge is 0.750 e. The number of carbonyl (C=O) groups is 1. The molecule has 1 aromatic carbocycles. The van der Waals surface area contributed by atoms with Crippen molar-refractivity contribution in [1.82, 2.24) is 10.2 Å². The van der Waals surface area contributed by atoms with Crippen molar-refractivity contribution in [3.8, 4) is 5.75 Å². The zero-order valence-electron chi connectivity index (χ0n) is 14.3. The first-order valence-corrected chi connectivity index (χ1v) is 9.15. The van der Waals surface area contributed by atoms with Crippen LogP contribution in [-0.4, -0.2) is 51.7 Å². The van der Waals surface area contributed by atoms with E-state index in [4.69, 9.17) is 13.8 Å². The quantitative estimate of drug-likeness (QED) is 0.608. The van der Waals surface area contributed by atoms with E-state index < -0.39 is 51.2 Å². The van der Waals surface area contributed by atoms with Crippen LogP contribution in [0.5, 0.6) is 5.75 Å². The molecule has 5 unspecified atom stereocenters. The van der Waals surface area contributed by atoms with E-state index in [-0.39, 0.29) is 0 Å². The predicted molar refractivity (Wildman–Crippen MR) is 89.7 cm³/mol. The lowest BCUT2D eigenvalue weighted by molar-refractivity contribution is -0.217. The maximum absolute atomic E-state index is 15.0. The molecule has 0 saturated carbocycles. The predicted octanol–water partition coefficient (Wildman–Crippen LogP) is 1.12. The standard InChI is InChI=1S/C16H18FN2O7P/c1-15(22)9-16(17,10-24-27(23)26-11-5-3-2-4-6-11)25-13(15)19-8-7-12(20)18-14(19)21/h2-8,13-14,21-22H,9-10H2,1H3/p+1. The Morgan fingerprint density at radius 2 is 2.15 bits per heavy atom. The van der Waals surface area contributed by atoms with E-state index in [0.717, 1.165) is 11.0 Å². The third-order valence-corrected chi connectivity index (χ3v) is 4.71. The second-order valence-corrected chi connectivity index (χ2v) is 7.32. The molecule has 11 heteroatoms. The molecule has 2 aliphatic rings. The minimum atomic E-state index is -2.66. The highest BCUT2D eigenvalue weighted by atomic mass is 31.1. The highest BCUT2D eigenvalue weighted by molar-refractivity contribution is 7.33. The maximum atomic E-state index is 15.0. The molecule has 0 spiro atoms. The Bertz CT molecular complexity index is 748. The molecule has 0 aliphatic carbocycles. The number of alkyl halides is 1. The molecule has 0 radical (unpaired) electrons. The first-order valence-electron chi connectivity index (χ1n) is 8.05. The monoisotopic (exact) mass is 401 g/mol. The van der Waals surface area contributed by atoms with Gasteiger partial charge in [0.1, 0.15) is 5.60 Å². The van der Waals surface area contributed by atoms with E-state index in [9.17, 15) is 19.6 Å². The van der Waals surface area contributed by atoms with Crippen molar-refractivity contribution < 1.29 is 37.7 Å². The molecule has 1 fully saturated rings. The first kappa shape index (κ1) is 19.7. The van der Waals surface area contributed by atoms with Crippen molar-refractivity contribution in [3.63, 3.8) is 0 Å². The molecule has 9 nitrogen and oxygen atoms in total. The minimum absolute atomic E-state index is 0.293. The Morgan fingerprint density at radius 1 is 1.44 bits per heavy atom. The molecule has 2 aliphatic heterocycles. The van der Waals surface area contributed by atoms with Gasteiger partial charge in [0.25, 0.3) is 0 Å². The number of para-hydroxylation sites is 1. The van der Waals surface area contributed by atoms with Gasteiger partial charge in [0.15, 0.2) is 18.6 Å². The molecule has 0 aromatic heterocycles. The summed E-state index contributed by atoms with van der Waals surface area (Å²) in [7, 11) is -2.66. The Balaban J connectivity index is 1.62. The number of nitrogens with zero attached hydrogens (tertiary/aromatic N) is 1. The van der Waals surface area contributed by atoms with E-state index in [1.54, 1.807) is 30.3 Å². The smallest absolute Gasteiger partial charge is 0.385 e. The lowest BCUT2D eigenvalue weighted by atomic mass is 9.98. The lowest BCUT2D eigenvalue weighted by Gasteiger charge is -2.38. The molecule has 1 amide bonds. The molecule has 5 atom stereocenters. The second kappa shape index (κ2) is 7.49. The topological polar surface area (TPSA) is 118 Å². The molecule has 1 saturated heterocycles. The molecular weight excluding hydrogens is 382 g/mol. The molecular formula is C16H19FN2O7P+. The Hall–Kier alpha value is -2.10. The minimum Gasteiger partial charge on any atom is -0.385 e. The normalized spacial score (nSPS) is 33.7. The number of amides is 1. The van der Waals surface area contributed by atoms with E-state index >= 15 is 4.39 Å². The number of benzene rings is 1. The van der Waals surface area contributed by atoms with Gasteiger partial charge in [-0.3, -0.25) is 4.79 Å². The van der Waals surface area contributed by atoms with Crippen LogP contribution in [0.4, 0.5) is 4.39 Å². The van der Waals surface area contributed by atoms with Crippen LogP contribution in [0.2, 0.25) is 0 Å². The van der Waals surface area contributed by atoms with Crippen molar-refractivity contribution in [1.29, 1.82) is 0 Å². The van der Waals surface area contributed by atoms with Crippen molar-refractivity contribution >= 4 is 14.2 Å². The number of hydrogen-bond acceptors (Lipinski definition) is 8. The van der Waals surface area contributed by atoms with Gasteiger partial charge in [-0.25, -0.2) is 8.91 Å². The van der Waals surface area contributed by atoms with Crippen molar-refractivity contribution in [2.24, 2.45) is 0 Å². The summed E-state index contributed by atoms with van der Waals surface area (Å²) >= 11 is 0. The van der Waals surface area contributed by atoms with Gasteiger partial charge in [-0.05, 0) is 19.1 Å². The van der Waals surface area contributed by atoms with E-state index in [2.05, 4.69) is 5.32 Å². The number of carbonyl (C=O) groups excluding carboxylic acids is 1. The zero-order chi connectivity index (χ0) is 19.7. The lowest BCUT2D eigenvalue weighted by Crippen LogP contribution is -2.57. The molecule has 27 heavy (non-hydrogen) atoms. The first-order chi connectivity index (χ1) is 12.7. The summed E-state index contributed by atoms with van der Waals surface area (Å²) in [6.45, 7) is 0.554. The summed E-state index contributed by atoms with van der Waals surface area (Å²) in [6, 6.07) is 8.22. The summed E-state index contributed by atoms with van der Waals surface area (Å²) in [5, 5.41) is 22.6. The van der Waals surface area contributed by atoms with Crippen LogP contribution in [0.3, 0.4) is 0 Å². The fourth-order valence-electron chi connectivity index (χ4n) is 2.89. The number of halogens is 1. The molecule has 3 rings (SSSR count). The number of aliphatic hydroxyl groups is 2. The van der Waals surface area contributed by atoms with Crippen LogP contribution in [0.15, 0.2) is 42.6 Å². The highest BCUT2D eigenvalue weighted by Gasteiger charge is 2.58. The Kier molecular flexibility index (Phi) is 5.45. The van der Waals surface area contributed by atoms with Gasteiger partial charge in [0.2, 0.25) is 18.1 Å². The van der Waals surface area contributed by atoms with Crippen LogP contribution >= 0.6 is 8.25 Å². The number of rotatable bonds is 6. The summed E-state index contributed by atoms with van der Waals surface area (Å²) < 4.78 is 42.1. The van der Waals surface area contributed by atoms with Gasteiger partial charge < -0.3 is 25.2 Å². The number of nitrogens with one attached hydrogen (secondary N) is 1. The average molecular weight is 401 g/mol. The summed E-state index contributed by atoms with van der Waals surface area (Å²) in [4.78, 5) is 12.3. The van der Waals surface area contributed by atoms with Crippen molar-refractivity contribution in [3.05, 3.63) is 42.6 Å². The van der Waals surface area contributed by atoms with E-state index in [1.807, 2.05) is 0 Å². The summed E-state index contributed by atoms with van der Waals surface area (Å²) in [6.07, 6.45) is -1.03. The average Bonchev–Trinajstić information content (AvgIpc) is 2.84. The van der Waals surface area contributed by atoms with Gasteiger partial charge in [0, 0.05) is 23.3 Å². The van der Waals surface area contributed by atoms with Crippen LogP contribution in [0, 0.1) is 0 Å². The Morgan fingerprint density at radius 3 is 2.81 bits per heavy atom. The van der Waals surface area contributed by atoms with E-state index in [1.165, 1.54) is 13.1 Å². The number of hydrogen-bond donors (Lipinski definition) is 3. The third-order valence-electron chi connectivity index (χ3n) is 4.01. The van der Waals surface area contributed by atoms with E-state index in [0.29, 0.717) is 5.75 Å². The van der Waals surface area contributed by atoms with Crippen LogP contribution in [0.1, 0.15) is 13.3 Å². The van der Waals surface area contributed by atoms with Crippen molar-refractivity contribution in [2.75, 3.05) is 6.61 Å². The zero-order valence-corrected chi connectivity index (χ0v) is 15.2. The fraction of sp³-hybridized carbons (Fsp3) is 0.438. The molecule has 2 heterocycles. The van der Waals surface area contributed by atoms with Gasteiger partial charge >= 0.3 is 8.25 Å². The van der Waals surface area contributed by atoms with Crippen LogP contribution in [0.25, 0.3) is 0 Å². The van der Waals surface area contributed by atoms with Crippen LogP contribution < -0.4 is 9.84 Å². The molecule has 3 N–H and O–H groups in total. The van der Waals surface area contributed by atoms with Crippen molar-refractivity contribution in [2.45, 2.75) is 37.4 Å².